The van der Waals surface area contributed by atoms with Crippen LogP contribution in [0.2, 0.25) is 0 Å². The van der Waals surface area contributed by atoms with Crippen molar-refractivity contribution in [2.45, 2.75) is 44.1 Å². The van der Waals surface area contributed by atoms with Crippen molar-refractivity contribution in [3.05, 3.63) is 10.6 Å². The molecule has 1 aromatic heterocycles. The van der Waals surface area contributed by atoms with Crippen LogP contribution in [0.3, 0.4) is 0 Å². The molecule has 1 aliphatic carbocycles. The molecule has 0 radical (unpaired) electrons. The van der Waals surface area contributed by atoms with Gasteiger partial charge in [0.05, 0.1) is 17.2 Å². The topological polar surface area (TPSA) is 96.4 Å². The second-order valence-corrected chi connectivity index (χ2v) is 9.02. The number of hydrogen-bond donors (Lipinski definition) is 2. The summed E-state index contributed by atoms with van der Waals surface area (Å²) in [6, 6.07) is -0.111. The zero-order valence-electron chi connectivity index (χ0n) is 11.5. The van der Waals surface area contributed by atoms with Crippen LogP contribution >= 0.6 is 11.3 Å². The van der Waals surface area contributed by atoms with Crippen LogP contribution in [0.15, 0.2) is 0 Å². The SMILES string of the molecule is O=C(O)C1CCCc2sc(NC3CCCS(=O)(=O)C3)nc21. The minimum atomic E-state index is -2.96. The number of aliphatic carboxylic acids is 1. The van der Waals surface area contributed by atoms with Crippen LogP contribution in [0.1, 0.15) is 42.2 Å². The fourth-order valence-electron chi connectivity index (χ4n) is 3.03. The van der Waals surface area contributed by atoms with Gasteiger partial charge in [0.1, 0.15) is 5.92 Å². The van der Waals surface area contributed by atoms with E-state index in [0.29, 0.717) is 23.7 Å². The standard InChI is InChI=1S/C13H18N2O4S2/c16-12(17)9-4-1-5-10-11(9)15-13(20-10)14-8-3-2-6-21(18,19)7-8/h8-9H,1-7H2,(H,14,15)(H,16,17). The van der Waals surface area contributed by atoms with E-state index in [9.17, 15) is 18.3 Å². The Morgan fingerprint density at radius 1 is 1.33 bits per heavy atom. The van der Waals surface area contributed by atoms with E-state index in [4.69, 9.17) is 0 Å². The third kappa shape index (κ3) is 3.21. The summed E-state index contributed by atoms with van der Waals surface area (Å²) in [5.74, 6) is -0.941. The van der Waals surface area contributed by atoms with E-state index in [-0.39, 0.29) is 17.5 Å². The quantitative estimate of drug-likeness (QED) is 0.874. The van der Waals surface area contributed by atoms with Crippen LogP contribution < -0.4 is 5.32 Å². The van der Waals surface area contributed by atoms with Gasteiger partial charge in [0.2, 0.25) is 0 Å². The van der Waals surface area contributed by atoms with Gasteiger partial charge in [-0.25, -0.2) is 13.4 Å². The maximum Gasteiger partial charge on any atom is 0.312 e. The highest BCUT2D eigenvalue weighted by molar-refractivity contribution is 7.91. The first-order chi connectivity index (χ1) is 9.94. The Labute approximate surface area is 127 Å². The summed E-state index contributed by atoms with van der Waals surface area (Å²) in [6.45, 7) is 0. The third-order valence-corrected chi connectivity index (χ3v) is 6.93. The summed E-state index contributed by atoms with van der Waals surface area (Å²) in [7, 11) is -2.96. The normalized spacial score (nSPS) is 27.8. The molecule has 1 saturated heterocycles. The molecular weight excluding hydrogens is 312 g/mol. The number of hydrogen-bond acceptors (Lipinski definition) is 6. The van der Waals surface area contributed by atoms with Crippen molar-refractivity contribution in [2.75, 3.05) is 16.8 Å². The third-order valence-electron chi connectivity index (χ3n) is 4.04. The molecule has 1 fully saturated rings. The molecule has 1 aliphatic heterocycles. The van der Waals surface area contributed by atoms with Crippen molar-refractivity contribution in [2.24, 2.45) is 0 Å². The molecule has 116 valence electrons. The van der Waals surface area contributed by atoms with Crippen LogP contribution in [-0.2, 0) is 21.1 Å². The number of sulfone groups is 1. The number of nitrogens with one attached hydrogen (secondary N) is 1. The molecule has 8 heteroatoms. The van der Waals surface area contributed by atoms with E-state index in [1.807, 2.05) is 0 Å². The van der Waals surface area contributed by atoms with Crippen molar-refractivity contribution >= 4 is 32.3 Å². The summed E-state index contributed by atoms with van der Waals surface area (Å²) >= 11 is 1.47. The van der Waals surface area contributed by atoms with Crippen LogP contribution in [0.4, 0.5) is 5.13 Å². The molecular formula is C13H18N2O4S2. The molecule has 0 aromatic carbocycles. The molecule has 2 unspecified atom stereocenters. The molecule has 0 bridgehead atoms. The van der Waals surface area contributed by atoms with Gasteiger partial charge >= 0.3 is 5.97 Å². The molecule has 2 atom stereocenters. The number of anilines is 1. The second-order valence-electron chi connectivity index (χ2n) is 5.71. The number of carboxylic acid groups (broad SMARTS) is 1. The lowest BCUT2D eigenvalue weighted by Crippen LogP contribution is -2.34. The average Bonchev–Trinajstić information content (AvgIpc) is 2.78. The number of rotatable bonds is 3. The van der Waals surface area contributed by atoms with Gasteiger partial charge in [-0.05, 0) is 32.1 Å². The number of fused-ring (bicyclic) bond motifs is 1. The first-order valence-corrected chi connectivity index (χ1v) is 9.78. The maximum absolute atomic E-state index is 11.7. The average molecular weight is 330 g/mol. The Morgan fingerprint density at radius 2 is 2.14 bits per heavy atom. The van der Waals surface area contributed by atoms with E-state index < -0.39 is 21.7 Å². The van der Waals surface area contributed by atoms with Crippen molar-refractivity contribution in [1.82, 2.24) is 4.98 Å². The number of carboxylic acids is 1. The largest absolute Gasteiger partial charge is 0.481 e. The molecule has 0 spiro atoms. The second kappa shape index (κ2) is 5.57. The molecule has 3 rings (SSSR count). The Balaban J connectivity index is 1.77. The van der Waals surface area contributed by atoms with Gasteiger partial charge < -0.3 is 10.4 Å². The van der Waals surface area contributed by atoms with Gasteiger partial charge in [0, 0.05) is 10.9 Å². The summed E-state index contributed by atoms with van der Waals surface area (Å²) in [4.78, 5) is 16.7. The lowest BCUT2D eigenvalue weighted by Gasteiger charge is -2.22. The molecule has 0 saturated carbocycles. The highest BCUT2D eigenvalue weighted by atomic mass is 32.2. The van der Waals surface area contributed by atoms with Gasteiger partial charge in [-0.1, -0.05) is 0 Å². The summed E-state index contributed by atoms with van der Waals surface area (Å²) in [5.41, 5.74) is 0.667. The molecule has 1 aromatic rings. The minimum absolute atomic E-state index is 0.111. The molecule has 2 heterocycles. The predicted octanol–water partition coefficient (Wildman–Crippen LogP) is 1.64. The molecule has 2 N–H and O–H groups in total. The number of nitrogens with zero attached hydrogens (tertiary/aromatic N) is 1. The fraction of sp³-hybridized carbons (Fsp3) is 0.692. The van der Waals surface area contributed by atoms with E-state index in [1.54, 1.807) is 0 Å². The van der Waals surface area contributed by atoms with Gasteiger partial charge in [-0.15, -0.1) is 11.3 Å². The van der Waals surface area contributed by atoms with Crippen LogP contribution in [0, 0.1) is 0 Å². The van der Waals surface area contributed by atoms with E-state index in [1.165, 1.54) is 11.3 Å². The monoisotopic (exact) mass is 330 g/mol. The van der Waals surface area contributed by atoms with Crippen molar-refractivity contribution in [1.29, 1.82) is 0 Å². The van der Waals surface area contributed by atoms with Gasteiger partial charge in [0.15, 0.2) is 15.0 Å². The van der Waals surface area contributed by atoms with E-state index in [2.05, 4.69) is 10.3 Å². The Hall–Kier alpha value is -1.15. The highest BCUT2D eigenvalue weighted by Gasteiger charge is 2.31. The van der Waals surface area contributed by atoms with Gasteiger partial charge in [-0.3, -0.25) is 4.79 Å². The number of aryl methyl sites for hydroxylation is 1. The fourth-order valence-corrected chi connectivity index (χ4v) is 5.81. The Kier molecular flexibility index (Phi) is 3.92. The van der Waals surface area contributed by atoms with Crippen LogP contribution in [-0.4, -0.2) is 42.0 Å². The first-order valence-electron chi connectivity index (χ1n) is 7.14. The van der Waals surface area contributed by atoms with Crippen LogP contribution in [0.25, 0.3) is 0 Å². The molecule has 6 nitrogen and oxygen atoms in total. The number of thiazole rings is 1. The lowest BCUT2D eigenvalue weighted by molar-refractivity contribution is -0.139. The number of aromatic nitrogens is 1. The zero-order valence-corrected chi connectivity index (χ0v) is 13.2. The van der Waals surface area contributed by atoms with Gasteiger partial charge in [0.25, 0.3) is 0 Å². The first kappa shape index (κ1) is 14.8. The zero-order chi connectivity index (χ0) is 15.0. The lowest BCUT2D eigenvalue weighted by atomic mass is 9.91. The summed E-state index contributed by atoms with van der Waals surface area (Å²) in [6.07, 6.45) is 3.84. The van der Waals surface area contributed by atoms with Crippen molar-refractivity contribution in [3.8, 4) is 0 Å². The maximum atomic E-state index is 11.7. The minimum Gasteiger partial charge on any atom is -0.481 e. The van der Waals surface area contributed by atoms with Crippen LogP contribution in [0.5, 0.6) is 0 Å². The molecule has 2 aliphatic rings. The van der Waals surface area contributed by atoms with Gasteiger partial charge in [-0.2, -0.15) is 0 Å². The van der Waals surface area contributed by atoms with Crippen molar-refractivity contribution < 1.29 is 18.3 Å². The molecule has 21 heavy (non-hydrogen) atoms. The predicted molar refractivity (Wildman–Crippen MR) is 80.7 cm³/mol. The number of carbonyl (C=O) groups is 1. The Morgan fingerprint density at radius 3 is 2.86 bits per heavy atom. The summed E-state index contributed by atoms with van der Waals surface area (Å²) < 4.78 is 23.3. The Bertz CT molecular complexity index is 653. The van der Waals surface area contributed by atoms with Crippen molar-refractivity contribution in [3.63, 3.8) is 0 Å². The summed E-state index contributed by atoms with van der Waals surface area (Å²) in [5, 5.41) is 13.1. The van der Waals surface area contributed by atoms with E-state index in [0.717, 1.165) is 24.1 Å². The molecule has 0 amide bonds. The smallest absolute Gasteiger partial charge is 0.312 e. The highest BCUT2D eigenvalue weighted by Crippen LogP contribution is 2.37. The van der Waals surface area contributed by atoms with E-state index >= 15 is 0 Å².